The summed E-state index contributed by atoms with van der Waals surface area (Å²) in [6.07, 6.45) is 5.40. The summed E-state index contributed by atoms with van der Waals surface area (Å²) in [6.45, 7) is 0.758. The summed E-state index contributed by atoms with van der Waals surface area (Å²) in [5.41, 5.74) is 2.37. The lowest BCUT2D eigenvalue weighted by molar-refractivity contribution is 0.0725. The summed E-state index contributed by atoms with van der Waals surface area (Å²) < 4.78 is 5.32. The van der Waals surface area contributed by atoms with E-state index in [2.05, 4.69) is 21.6 Å². The lowest BCUT2D eigenvalue weighted by Crippen LogP contribution is -2.30. The monoisotopic (exact) mass is 325 g/mol. The average Bonchev–Trinajstić information content (AvgIpc) is 3.34. The van der Waals surface area contributed by atoms with Crippen LogP contribution < -0.4 is 0 Å². The molecule has 116 valence electrons. The highest BCUT2D eigenvalue weighted by atomic mass is 32.1. The minimum absolute atomic E-state index is 0.0717. The molecule has 6 heteroatoms. The van der Waals surface area contributed by atoms with Gasteiger partial charge in [0.25, 0.3) is 5.91 Å². The second-order valence-electron chi connectivity index (χ2n) is 5.53. The zero-order chi connectivity index (χ0) is 15.6. The third-order valence-electron chi connectivity index (χ3n) is 4.12. The van der Waals surface area contributed by atoms with Crippen molar-refractivity contribution in [1.82, 2.24) is 15.0 Å². The number of hydrogen-bond donors (Lipinski definition) is 0. The molecule has 0 radical (unpaired) electrons. The Morgan fingerprint density at radius 3 is 3.13 bits per heavy atom. The van der Waals surface area contributed by atoms with Crippen molar-refractivity contribution < 1.29 is 9.32 Å². The van der Waals surface area contributed by atoms with Crippen molar-refractivity contribution >= 4 is 17.2 Å². The second-order valence-corrected chi connectivity index (χ2v) is 6.31. The first-order chi connectivity index (χ1) is 11.3. The number of rotatable bonds is 3. The molecule has 1 atom stereocenters. The Bertz CT molecular complexity index is 798. The Morgan fingerprint density at radius 2 is 2.35 bits per heavy atom. The Morgan fingerprint density at radius 1 is 1.39 bits per heavy atom. The highest BCUT2D eigenvalue weighted by Gasteiger charge is 2.32. The van der Waals surface area contributed by atoms with Crippen LogP contribution in [0.25, 0.3) is 11.3 Å². The largest absolute Gasteiger partial charge is 0.355 e. The standard InChI is InChI=1S/C17H15N3O2S/c21-17(20-7-2-4-15(20)13-5-8-23-11-13)14-9-16(22-19-14)12-3-1-6-18-10-12/h1,3,5-6,8-11,15H,2,4,7H2/t15-/m1/s1. The van der Waals surface area contributed by atoms with Gasteiger partial charge in [0.15, 0.2) is 11.5 Å². The Kier molecular flexibility index (Phi) is 3.67. The molecule has 0 saturated carbocycles. The summed E-state index contributed by atoms with van der Waals surface area (Å²) in [5, 5.41) is 8.12. The van der Waals surface area contributed by atoms with Crippen LogP contribution in [0, 0.1) is 0 Å². The number of carbonyl (C=O) groups is 1. The van der Waals surface area contributed by atoms with Gasteiger partial charge in [-0.15, -0.1) is 0 Å². The molecular weight excluding hydrogens is 310 g/mol. The van der Waals surface area contributed by atoms with Gasteiger partial charge in [0.1, 0.15) is 0 Å². The average molecular weight is 325 g/mol. The first-order valence-corrected chi connectivity index (χ1v) is 8.47. The van der Waals surface area contributed by atoms with Gasteiger partial charge < -0.3 is 9.42 Å². The van der Waals surface area contributed by atoms with Crippen molar-refractivity contribution in [3.05, 3.63) is 58.7 Å². The van der Waals surface area contributed by atoms with Crippen LogP contribution >= 0.6 is 11.3 Å². The SMILES string of the molecule is O=C(c1cc(-c2cccnc2)on1)N1CCC[C@@H]1c1ccsc1. The van der Waals surface area contributed by atoms with E-state index in [1.54, 1.807) is 29.8 Å². The molecule has 3 aromatic heterocycles. The Hall–Kier alpha value is -2.47. The van der Waals surface area contributed by atoms with Gasteiger partial charge in [0.2, 0.25) is 0 Å². The van der Waals surface area contributed by atoms with Crippen molar-refractivity contribution in [1.29, 1.82) is 0 Å². The van der Waals surface area contributed by atoms with Crippen LogP contribution in [0.5, 0.6) is 0 Å². The van der Waals surface area contributed by atoms with E-state index >= 15 is 0 Å². The van der Waals surface area contributed by atoms with Crippen LogP contribution in [0.2, 0.25) is 0 Å². The van der Waals surface area contributed by atoms with Crippen molar-refractivity contribution in [2.75, 3.05) is 6.54 Å². The molecule has 23 heavy (non-hydrogen) atoms. The Balaban J connectivity index is 1.59. The molecule has 1 amide bonds. The highest BCUT2D eigenvalue weighted by Crippen LogP contribution is 2.34. The minimum Gasteiger partial charge on any atom is -0.355 e. The summed E-state index contributed by atoms with van der Waals surface area (Å²) >= 11 is 1.66. The van der Waals surface area contributed by atoms with Gasteiger partial charge in [0.05, 0.1) is 6.04 Å². The van der Waals surface area contributed by atoms with E-state index in [4.69, 9.17) is 4.52 Å². The van der Waals surface area contributed by atoms with Gasteiger partial charge in [-0.05, 0) is 47.4 Å². The fraction of sp³-hybridized carbons (Fsp3) is 0.235. The molecule has 1 saturated heterocycles. The number of likely N-dealkylation sites (tertiary alicyclic amines) is 1. The summed E-state index contributed by atoms with van der Waals surface area (Å²) in [4.78, 5) is 18.7. The fourth-order valence-electron chi connectivity index (χ4n) is 2.99. The first kappa shape index (κ1) is 14.1. The van der Waals surface area contributed by atoms with Gasteiger partial charge in [0, 0.05) is 30.6 Å². The quantitative estimate of drug-likeness (QED) is 0.735. The van der Waals surface area contributed by atoms with Gasteiger partial charge in [-0.1, -0.05) is 5.16 Å². The number of amides is 1. The Labute approximate surface area is 137 Å². The van der Waals surface area contributed by atoms with Gasteiger partial charge in [-0.25, -0.2) is 0 Å². The maximum atomic E-state index is 12.8. The van der Waals surface area contributed by atoms with E-state index in [1.165, 1.54) is 5.56 Å². The summed E-state index contributed by atoms with van der Waals surface area (Å²) in [5.74, 6) is 0.491. The smallest absolute Gasteiger partial charge is 0.276 e. The van der Waals surface area contributed by atoms with E-state index in [9.17, 15) is 4.79 Å². The molecule has 1 aliphatic heterocycles. The summed E-state index contributed by atoms with van der Waals surface area (Å²) in [7, 11) is 0. The van der Waals surface area contributed by atoms with Crippen LogP contribution in [-0.2, 0) is 0 Å². The number of nitrogens with zero attached hydrogens (tertiary/aromatic N) is 3. The molecular formula is C17H15N3O2S. The van der Waals surface area contributed by atoms with Gasteiger partial charge in [-0.2, -0.15) is 11.3 Å². The van der Waals surface area contributed by atoms with Crippen molar-refractivity contribution in [3.8, 4) is 11.3 Å². The van der Waals surface area contributed by atoms with Crippen LogP contribution in [-0.4, -0.2) is 27.5 Å². The summed E-state index contributed by atoms with van der Waals surface area (Å²) in [6, 6.07) is 7.64. The van der Waals surface area contributed by atoms with Crippen LogP contribution in [0.4, 0.5) is 0 Å². The molecule has 5 nitrogen and oxygen atoms in total. The minimum atomic E-state index is -0.0717. The zero-order valence-corrected chi connectivity index (χ0v) is 13.2. The molecule has 0 aromatic carbocycles. The van der Waals surface area contributed by atoms with E-state index in [-0.39, 0.29) is 11.9 Å². The molecule has 1 fully saturated rings. The predicted molar refractivity (Wildman–Crippen MR) is 87.1 cm³/mol. The van der Waals surface area contributed by atoms with Crippen molar-refractivity contribution in [3.63, 3.8) is 0 Å². The van der Waals surface area contributed by atoms with Crippen LogP contribution in [0.3, 0.4) is 0 Å². The van der Waals surface area contributed by atoms with Crippen LogP contribution in [0.1, 0.15) is 34.9 Å². The number of aromatic nitrogens is 2. The maximum Gasteiger partial charge on any atom is 0.276 e. The zero-order valence-electron chi connectivity index (χ0n) is 12.4. The molecule has 4 rings (SSSR count). The molecule has 1 aliphatic rings. The normalized spacial score (nSPS) is 17.6. The van der Waals surface area contributed by atoms with Crippen LogP contribution in [0.15, 0.2) is 51.9 Å². The predicted octanol–water partition coefficient (Wildman–Crippen LogP) is 3.78. The van der Waals surface area contributed by atoms with E-state index < -0.39 is 0 Å². The second kappa shape index (κ2) is 5.96. The first-order valence-electron chi connectivity index (χ1n) is 7.53. The molecule has 0 unspecified atom stereocenters. The van der Waals surface area contributed by atoms with E-state index in [0.717, 1.165) is 24.9 Å². The third kappa shape index (κ3) is 2.66. The lowest BCUT2D eigenvalue weighted by Gasteiger charge is -2.23. The lowest BCUT2D eigenvalue weighted by atomic mass is 10.1. The number of thiophene rings is 1. The topological polar surface area (TPSA) is 59.2 Å². The molecule has 0 aliphatic carbocycles. The maximum absolute atomic E-state index is 12.8. The number of carbonyl (C=O) groups excluding carboxylic acids is 1. The molecule has 0 spiro atoms. The van der Waals surface area contributed by atoms with Crippen molar-refractivity contribution in [2.45, 2.75) is 18.9 Å². The number of pyridine rings is 1. The molecule has 4 heterocycles. The molecule has 0 bridgehead atoms. The third-order valence-corrected chi connectivity index (χ3v) is 4.82. The fourth-order valence-corrected chi connectivity index (χ4v) is 3.70. The molecule has 0 N–H and O–H groups in total. The van der Waals surface area contributed by atoms with E-state index in [0.29, 0.717) is 11.5 Å². The van der Waals surface area contributed by atoms with E-state index in [1.807, 2.05) is 22.4 Å². The van der Waals surface area contributed by atoms with Crippen molar-refractivity contribution in [2.24, 2.45) is 0 Å². The highest BCUT2D eigenvalue weighted by molar-refractivity contribution is 7.08. The van der Waals surface area contributed by atoms with Gasteiger partial charge >= 0.3 is 0 Å². The van der Waals surface area contributed by atoms with Gasteiger partial charge in [-0.3, -0.25) is 9.78 Å². The number of hydrogen-bond acceptors (Lipinski definition) is 5. The molecule has 3 aromatic rings.